The number of carbonyl (C=O) groups excluding carboxylic acids is 1. The van der Waals surface area contributed by atoms with E-state index in [1.807, 2.05) is 36.6 Å². The lowest BCUT2D eigenvalue weighted by molar-refractivity contribution is -0.117. The maximum absolute atomic E-state index is 12.1. The number of pyridine rings is 3. The van der Waals surface area contributed by atoms with Gasteiger partial charge in [0.05, 0.1) is 17.3 Å². The van der Waals surface area contributed by atoms with Crippen molar-refractivity contribution >= 4 is 28.3 Å². The SMILES string of the molecule is CC[C@@H](O)c1cc(C)c(-c2cc3cnc(NC(=O)C4CC4)cc3n3ccnc23)cn1. The fraction of sp³-hybridized carbons (Fsp3) is 0.304. The van der Waals surface area contributed by atoms with Gasteiger partial charge in [-0.2, -0.15) is 0 Å². The predicted molar refractivity (Wildman–Crippen MR) is 115 cm³/mol. The van der Waals surface area contributed by atoms with Crippen molar-refractivity contribution in [2.24, 2.45) is 5.92 Å². The molecule has 0 bridgehead atoms. The number of aliphatic hydroxyl groups is 1. The van der Waals surface area contributed by atoms with E-state index in [1.54, 1.807) is 18.6 Å². The molecule has 1 atom stereocenters. The van der Waals surface area contributed by atoms with Crippen LogP contribution in [-0.4, -0.2) is 30.4 Å². The second-order valence-corrected chi connectivity index (χ2v) is 7.92. The van der Waals surface area contributed by atoms with Gasteiger partial charge in [0, 0.05) is 53.3 Å². The number of nitrogens with zero attached hydrogens (tertiary/aromatic N) is 4. The van der Waals surface area contributed by atoms with Crippen molar-refractivity contribution in [1.82, 2.24) is 19.4 Å². The molecule has 0 unspecified atom stereocenters. The van der Waals surface area contributed by atoms with Crippen LogP contribution in [0, 0.1) is 12.8 Å². The van der Waals surface area contributed by atoms with Crippen molar-refractivity contribution in [2.75, 3.05) is 5.32 Å². The number of amides is 1. The minimum Gasteiger partial charge on any atom is -0.387 e. The number of fused-ring (bicyclic) bond motifs is 3. The van der Waals surface area contributed by atoms with Gasteiger partial charge in [0.15, 0.2) is 0 Å². The van der Waals surface area contributed by atoms with Gasteiger partial charge in [-0.25, -0.2) is 9.97 Å². The minimum absolute atomic E-state index is 0.0383. The van der Waals surface area contributed by atoms with E-state index in [0.29, 0.717) is 17.9 Å². The number of rotatable bonds is 5. The molecule has 1 saturated carbocycles. The maximum atomic E-state index is 12.1. The number of nitrogens with one attached hydrogen (secondary N) is 1. The Balaban J connectivity index is 1.61. The first-order valence-electron chi connectivity index (χ1n) is 10.3. The Morgan fingerprint density at radius 1 is 1.20 bits per heavy atom. The molecule has 4 heterocycles. The van der Waals surface area contributed by atoms with E-state index in [1.165, 1.54) is 0 Å². The summed E-state index contributed by atoms with van der Waals surface area (Å²) in [6.07, 6.45) is 9.22. The summed E-state index contributed by atoms with van der Waals surface area (Å²) in [4.78, 5) is 25.6. The van der Waals surface area contributed by atoms with Crippen LogP contribution < -0.4 is 5.32 Å². The molecule has 2 N–H and O–H groups in total. The zero-order valence-electron chi connectivity index (χ0n) is 17.0. The van der Waals surface area contributed by atoms with Crippen molar-refractivity contribution in [2.45, 2.75) is 39.2 Å². The molecule has 5 rings (SSSR count). The molecule has 1 amide bonds. The summed E-state index contributed by atoms with van der Waals surface area (Å²) >= 11 is 0. The zero-order chi connectivity index (χ0) is 20.8. The monoisotopic (exact) mass is 401 g/mol. The molecule has 0 radical (unpaired) electrons. The van der Waals surface area contributed by atoms with E-state index in [9.17, 15) is 9.90 Å². The average molecular weight is 401 g/mol. The van der Waals surface area contributed by atoms with Crippen molar-refractivity contribution < 1.29 is 9.90 Å². The fourth-order valence-corrected chi connectivity index (χ4v) is 3.78. The van der Waals surface area contributed by atoms with Gasteiger partial charge < -0.3 is 10.4 Å². The van der Waals surface area contributed by atoms with E-state index in [-0.39, 0.29) is 11.8 Å². The van der Waals surface area contributed by atoms with Crippen LogP contribution in [0.5, 0.6) is 0 Å². The third kappa shape index (κ3) is 3.21. The van der Waals surface area contributed by atoms with Crippen LogP contribution in [0.3, 0.4) is 0 Å². The van der Waals surface area contributed by atoms with Gasteiger partial charge in [0.1, 0.15) is 11.5 Å². The molecule has 7 nitrogen and oxygen atoms in total. The van der Waals surface area contributed by atoms with Crippen LogP contribution in [-0.2, 0) is 4.79 Å². The molecule has 4 aromatic rings. The standard InChI is InChI=1S/C23H23N5O2/c1-3-20(29)18-8-13(2)17(12-25-18)16-9-15-11-26-21(27-23(30)14-4-5-14)10-19(15)28-7-6-24-22(16)28/h6-12,14,20,29H,3-5H2,1-2H3,(H,26,27,30)/t20-/m1/s1. The predicted octanol–water partition coefficient (Wildman–Crippen LogP) is 4.04. The quantitative estimate of drug-likeness (QED) is 0.526. The van der Waals surface area contributed by atoms with Crippen molar-refractivity contribution in [1.29, 1.82) is 0 Å². The lowest BCUT2D eigenvalue weighted by Gasteiger charge is -2.14. The van der Waals surface area contributed by atoms with Crippen LogP contribution in [0.2, 0.25) is 0 Å². The Morgan fingerprint density at radius 3 is 2.77 bits per heavy atom. The Kier molecular flexibility index (Phi) is 4.47. The Morgan fingerprint density at radius 2 is 2.03 bits per heavy atom. The second kappa shape index (κ2) is 7.18. The summed E-state index contributed by atoms with van der Waals surface area (Å²) < 4.78 is 2.01. The van der Waals surface area contributed by atoms with Crippen molar-refractivity contribution in [3.8, 4) is 11.1 Å². The molecule has 7 heteroatoms. The van der Waals surface area contributed by atoms with Crippen LogP contribution in [0.4, 0.5) is 5.82 Å². The van der Waals surface area contributed by atoms with E-state index in [4.69, 9.17) is 0 Å². The number of anilines is 1. The average Bonchev–Trinajstić information content (AvgIpc) is 3.49. The van der Waals surface area contributed by atoms with Crippen LogP contribution in [0.1, 0.15) is 43.5 Å². The van der Waals surface area contributed by atoms with E-state index < -0.39 is 6.10 Å². The highest BCUT2D eigenvalue weighted by atomic mass is 16.3. The van der Waals surface area contributed by atoms with E-state index >= 15 is 0 Å². The molecular formula is C23H23N5O2. The van der Waals surface area contributed by atoms with Gasteiger partial charge in [0.25, 0.3) is 0 Å². The molecule has 0 spiro atoms. The third-order valence-electron chi connectivity index (χ3n) is 5.70. The van der Waals surface area contributed by atoms with Crippen LogP contribution in [0.15, 0.2) is 43.0 Å². The highest BCUT2D eigenvalue weighted by molar-refractivity contribution is 5.96. The normalized spacial score (nSPS) is 14.9. The van der Waals surface area contributed by atoms with Gasteiger partial charge in [-0.1, -0.05) is 6.92 Å². The number of carbonyl (C=O) groups is 1. The number of aryl methyl sites for hydroxylation is 1. The molecule has 30 heavy (non-hydrogen) atoms. The van der Waals surface area contributed by atoms with Gasteiger partial charge in [-0.05, 0) is 43.9 Å². The number of imidazole rings is 1. The van der Waals surface area contributed by atoms with Crippen molar-refractivity contribution in [3.05, 3.63) is 54.2 Å². The molecule has 4 aromatic heterocycles. The summed E-state index contributed by atoms with van der Waals surface area (Å²) in [5, 5.41) is 14.0. The molecular weight excluding hydrogens is 378 g/mol. The van der Waals surface area contributed by atoms with Gasteiger partial charge in [-0.3, -0.25) is 14.2 Å². The zero-order valence-corrected chi connectivity index (χ0v) is 17.0. The summed E-state index contributed by atoms with van der Waals surface area (Å²) in [5.41, 5.74) is 5.35. The Labute approximate surface area is 173 Å². The summed E-state index contributed by atoms with van der Waals surface area (Å²) in [7, 11) is 0. The van der Waals surface area contributed by atoms with Gasteiger partial charge >= 0.3 is 0 Å². The second-order valence-electron chi connectivity index (χ2n) is 7.92. The third-order valence-corrected chi connectivity index (χ3v) is 5.70. The first-order valence-corrected chi connectivity index (χ1v) is 10.3. The molecule has 152 valence electrons. The molecule has 0 saturated heterocycles. The Hall–Kier alpha value is -3.32. The molecule has 0 aromatic carbocycles. The topological polar surface area (TPSA) is 92.4 Å². The Bertz CT molecular complexity index is 1280. The maximum Gasteiger partial charge on any atom is 0.228 e. The molecule has 0 aliphatic heterocycles. The van der Waals surface area contributed by atoms with Gasteiger partial charge in [-0.15, -0.1) is 0 Å². The smallest absolute Gasteiger partial charge is 0.228 e. The first-order chi connectivity index (χ1) is 14.5. The summed E-state index contributed by atoms with van der Waals surface area (Å²) in [6, 6.07) is 5.87. The minimum atomic E-state index is -0.561. The number of aliphatic hydroxyl groups excluding tert-OH is 1. The lowest BCUT2D eigenvalue weighted by Crippen LogP contribution is -2.14. The highest BCUT2D eigenvalue weighted by Gasteiger charge is 2.29. The van der Waals surface area contributed by atoms with Crippen LogP contribution >= 0.6 is 0 Å². The van der Waals surface area contributed by atoms with Gasteiger partial charge in [0.2, 0.25) is 5.91 Å². The number of hydrogen-bond acceptors (Lipinski definition) is 5. The molecule has 1 fully saturated rings. The van der Waals surface area contributed by atoms with E-state index in [2.05, 4.69) is 26.3 Å². The molecule has 1 aliphatic rings. The van der Waals surface area contributed by atoms with Crippen LogP contribution in [0.25, 0.3) is 27.7 Å². The number of hydrogen-bond donors (Lipinski definition) is 2. The fourth-order valence-electron chi connectivity index (χ4n) is 3.78. The van der Waals surface area contributed by atoms with E-state index in [0.717, 1.165) is 46.1 Å². The summed E-state index contributed by atoms with van der Waals surface area (Å²) in [5.74, 6) is 0.720. The first kappa shape index (κ1) is 18.7. The summed E-state index contributed by atoms with van der Waals surface area (Å²) in [6.45, 7) is 3.95. The number of aromatic nitrogens is 4. The largest absolute Gasteiger partial charge is 0.387 e. The highest BCUT2D eigenvalue weighted by Crippen LogP contribution is 2.33. The van der Waals surface area contributed by atoms with Crippen molar-refractivity contribution in [3.63, 3.8) is 0 Å². The molecule has 1 aliphatic carbocycles. The lowest BCUT2D eigenvalue weighted by atomic mass is 10.0.